The van der Waals surface area contributed by atoms with Crippen molar-refractivity contribution < 1.29 is 14.6 Å². The van der Waals surface area contributed by atoms with Gasteiger partial charge in [-0.05, 0) is 56.0 Å². The summed E-state index contributed by atoms with van der Waals surface area (Å²) in [4.78, 5) is 28.7. The first-order chi connectivity index (χ1) is 17.2. The van der Waals surface area contributed by atoms with Crippen molar-refractivity contribution >= 4 is 11.6 Å². The van der Waals surface area contributed by atoms with Gasteiger partial charge in [0.15, 0.2) is 11.1 Å². The molecule has 1 aliphatic heterocycles. The van der Waals surface area contributed by atoms with Crippen molar-refractivity contribution in [2.75, 3.05) is 12.1 Å². The minimum absolute atomic E-state index is 0.268. The molecule has 0 aliphatic carbocycles. The van der Waals surface area contributed by atoms with Crippen LogP contribution in [-0.2, 0) is 6.54 Å². The number of aromatic carboxylic acids is 1. The number of hydrogen-bond acceptors (Lipinski definition) is 6. The number of carboxylic acids is 1. The molecule has 182 valence electrons. The van der Waals surface area contributed by atoms with Crippen LogP contribution in [0.1, 0.15) is 54.4 Å². The molecule has 1 aromatic carbocycles. The number of rotatable bonds is 4. The molecule has 4 heterocycles. The summed E-state index contributed by atoms with van der Waals surface area (Å²) in [6.45, 7) is 6.75. The molecule has 4 aromatic rings. The van der Waals surface area contributed by atoms with Gasteiger partial charge in [-0.3, -0.25) is 9.47 Å². The van der Waals surface area contributed by atoms with Crippen LogP contribution in [0.3, 0.4) is 0 Å². The van der Waals surface area contributed by atoms with Gasteiger partial charge in [0.1, 0.15) is 17.0 Å². The number of ether oxygens (including phenoxy) is 1. The van der Waals surface area contributed by atoms with Crippen molar-refractivity contribution in [3.05, 3.63) is 81.5 Å². The van der Waals surface area contributed by atoms with E-state index >= 15 is 0 Å². The average molecular weight is 484 g/mol. The molecule has 0 amide bonds. The second-order valence-corrected chi connectivity index (χ2v) is 9.21. The molecule has 0 saturated heterocycles. The van der Waals surface area contributed by atoms with Crippen molar-refractivity contribution in [1.29, 1.82) is 0 Å². The van der Waals surface area contributed by atoms with Crippen molar-refractivity contribution in [3.8, 4) is 28.8 Å². The second kappa shape index (κ2) is 8.57. The van der Waals surface area contributed by atoms with Crippen LogP contribution in [0.5, 0.6) is 5.75 Å². The zero-order chi connectivity index (χ0) is 25.6. The van der Waals surface area contributed by atoms with Gasteiger partial charge in [-0.1, -0.05) is 12.8 Å². The fourth-order valence-corrected chi connectivity index (χ4v) is 4.32. The van der Waals surface area contributed by atoms with Gasteiger partial charge in [-0.2, -0.15) is 5.10 Å². The molecule has 5 rings (SSSR count). The van der Waals surface area contributed by atoms with Crippen LogP contribution in [0, 0.1) is 11.8 Å². The zero-order valence-corrected chi connectivity index (χ0v) is 20.4. The third kappa shape index (κ3) is 3.77. The molecule has 1 aliphatic rings. The monoisotopic (exact) mass is 483 g/mol. The summed E-state index contributed by atoms with van der Waals surface area (Å²) in [5.41, 5.74) is 3.29. The number of carbonyl (C=O) groups is 1. The number of pyridine rings is 1. The van der Waals surface area contributed by atoms with Gasteiger partial charge >= 0.3 is 5.97 Å². The highest BCUT2D eigenvalue weighted by Gasteiger charge is 2.33. The van der Waals surface area contributed by atoms with Crippen molar-refractivity contribution in [3.63, 3.8) is 0 Å². The van der Waals surface area contributed by atoms with Gasteiger partial charge in [0.2, 0.25) is 0 Å². The predicted molar refractivity (Wildman–Crippen MR) is 135 cm³/mol. The molecule has 36 heavy (non-hydrogen) atoms. The van der Waals surface area contributed by atoms with Gasteiger partial charge in [0.25, 0.3) is 0 Å². The maximum absolute atomic E-state index is 12.7. The molecule has 0 atom stereocenters. The highest BCUT2D eigenvalue weighted by molar-refractivity contribution is 5.88. The van der Waals surface area contributed by atoms with Crippen LogP contribution < -0.4 is 15.2 Å². The van der Waals surface area contributed by atoms with Crippen LogP contribution in [-0.4, -0.2) is 43.0 Å². The van der Waals surface area contributed by atoms with Crippen molar-refractivity contribution in [1.82, 2.24) is 19.3 Å². The predicted octanol–water partition coefficient (Wildman–Crippen LogP) is 3.30. The number of hydrogen-bond donors (Lipinski definition) is 1. The Hall–Kier alpha value is -4.58. The third-order valence-corrected chi connectivity index (χ3v) is 6.71. The average Bonchev–Trinajstić information content (AvgIpc) is 3.29. The summed E-state index contributed by atoms with van der Waals surface area (Å²) in [6.07, 6.45) is 5.58. The van der Waals surface area contributed by atoms with Crippen LogP contribution >= 0.6 is 0 Å². The van der Waals surface area contributed by atoms with Crippen molar-refractivity contribution in [2.45, 2.75) is 39.3 Å². The molecule has 0 fully saturated rings. The molecule has 0 bridgehead atoms. The van der Waals surface area contributed by atoms with Gasteiger partial charge in [0, 0.05) is 24.0 Å². The normalized spacial score (nSPS) is 12.5. The Bertz CT molecular complexity index is 1640. The van der Waals surface area contributed by atoms with E-state index in [0.717, 1.165) is 17.5 Å². The fraction of sp³-hybridized carbons (Fsp3) is 0.259. The Morgan fingerprint density at radius 2 is 2.06 bits per heavy atom. The maximum atomic E-state index is 12.7. The molecule has 0 unspecified atom stereocenters. The minimum atomic E-state index is -1.25. The summed E-state index contributed by atoms with van der Waals surface area (Å²) in [6, 6.07) is 8.88. The van der Waals surface area contributed by atoms with E-state index in [-0.39, 0.29) is 11.1 Å². The lowest BCUT2D eigenvalue weighted by Gasteiger charge is -2.45. The number of aromatic nitrogens is 4. The molecular formula is C27H25N5O4. The first-order valence-corrected chi connectivity index (χ1v) is 11.5. The molecular weight excluding hydrogens is 458 g/mol. The largest absolute Gasteiger partial charge is 0.495 e. The number of methoxy groups -OCH3 is 1. The summed E-state index contributed by atoms with van der Waals surface area (Å²) in [7, 11) is 1.57. The topological polar surface area (TPSA) is 102 Å². The van der Waals surface area contributed by atoms with E-state index in [0.29, 0.717) is 34.9 Å². The van der Waals surface area contributed by atoms with Crippen LogP contribution in [0.4, 0.5) is 0 Å². The van der Waals surface area contributed by atoms with Gasteiger partial charge in [-0.25, -0.2) is 14.3 Å². The Balaban J connectivity index is 1.68. The summed E-state index contributed by atoms with van der Waals surface area (Å²) < 4.78 is 9.11. The van der Waals surface area contributed by atoms with Crippen LogP contribution in [0.25, 0.3) is 16.9 Å². The second-order valence-electron chi connectivity index (χ2n) is 9.21. The van der Waals surface area contributed by atoms with Crippen LogP contribution in [0.15, 0.2) is 53.7 Å². The van der Waals surface area contributed by atoms with E-state index in [2.05, 4.69) is 47.7 Å². The zero-order valence-electron chi connectivity index (χ0n) is 20.4. The third-order valence-electron chi connectivity index (χ3n) is 6.71. The summed E-state index contributed by atoms with van der Waals surface area (Å²) >= 11 is 0. The Morgan fingerprint density at radius 3 is 2.78 bits per heavy atom. The molecule has 0 saturated carbocycles. The Morgan fingerprint density at radius 1 is 1.25 bits per heavy atom. The van der Waals surface area contributed by atoms with E-state index in [1.54, 1.807) is 28.7 Å². The number of imidazole rings is 1. The van der Waals surface area contributed by atoms with Gasteiger partial charge in [0.05, 0.1) is 36.6 Å². The summed E-state index contributed by atoms with van der Waals surface area (Å²) in [5, 5.41) is 15.9. The molecule has 0 radical (unpaired) electrons. The number of fused-ring (bicyclic) bond motifs is 4. The van der Waals surface area contributed by atoms with Crippen molar-refractivity contribution in [2.24, 2.45) is 0 Å². The van der Waals surface area contributed by atoms with E-state index < -0.39 is 11.4 Å². The number of nitrogens with zero attached hydrogens (tertiary/aromatic N) is 5. The standard InChI is InChI=1S/C27H25N5O4/c1-5-27(2,3)31-15-18-11-17(8-9-19-14-28-25-7-6-10-29-32(19)25)24(36-4)12-20(18)22-13-23(33)21(26(34)35)16-30(22)31/h6-7,10-14,16H,5,15H2,1-4H3,(H,34,35). The molecule has 1 N–H and O–H groups in total. The molecule has 3 aromatic heterocycles. The molecule has 0 spiro atoms. The highest BCUT2D eigenvalue weighted by Crippen LogP contribution is 2.37. The lowest BCUT2D eigenvalue weighted by molar-refractivity contribution is 0.0694. The molecule has 9 nitrogen and oxygen atoms in total. The lowest BCUT2D eigenvalue weighted by Crippen LogP contribution is -2.52. The quantitative estimate of drug-likeness (QED) is 0.445. The molecule has 9 heteroatoms. The summed E-state index contributed by atoms with van der Waals surface area (Å²) in [5.74, 6) is 5.63. The van der Waals surface area contributed by atoms with E-state index in [9.17, 15) is 14.7 Å². The fourth-order valence-electron chi connectivity index (χ4n) is 4.32. The maximum Gasteiger partial charge on any atom is 0.341 e. The first kappa shape index (κ1) is 23.2. The van der Waals surface area contributed by atoms with E-state index in [1.807, 2.05) is 24.3 Å². The lowest BCUT2D eigenvalue weighted by atomic mass is 9.94. The highest BCUT2D eigenvalue weighted by atomic mass is 16.5. The number of benzene rings is 1. The Labute approximate surface area is 207 Å². The Kier molecular flexibility index (Phi) is 5.52. The smallest absolute Gasteiger partial charge is 0.341 e. The minimum Gasteiger partial charge on any atom is -0.495 e. The SMILES string of the molecule is CCC(C)(C)N1Cc2cc(C#Cc3cnc4cccnn34)c(OC)cc2-c2cc(=O)c(C(=O)O)cn21. The van der Waals surface area contributed by atoms with Gasteiger partial charge in [-0.15, -0.1) is 0 Å². The van der Waals surface area contributed by atoms with Crippen LogP contribution in [0.2, 0.25) is 0 Å². The number of carboxylic acid groups (broad SMARTS) is 1. The first-order valence-electron chi connectivity index (χ1n) is 11.5. The van der Waals surface area contributed by atoms with E-state index in [4.69, 9.17) is 4.74 Å². The van der Waals surface area contributed by atoms with Gasteiger partial charge < -0.3 is 14.9 Å². The van der Waals surface area contributed by atoms with E-state index in [1.165, 1.54) is 12.3 Å².